The van der Waals surface area contributed by atoms with Crippen molar-refractivity contribution in [3.63, 3.8) is 0 Å². The van der Waals surface area contributed by atoms with E-state index in [0.717, 1.165) is 12.3 Å². The quantitative estimate of drug-likeness (QED) is 0.691. The van der Waals surface area contributed by atoms with Crippen LogP contribution < -0.4 is 0 Å². The molecule has 20 heavy (non-hydrogen) atoms. The van der Waals surface area contributed by atoms with Crippen molar-refractivity contribution >= 4 is 17.2 Å². The fourth-order valence-electron chi connectivity index (χ4n) is 1.81. The van der Waals surface area contributed by atoms with Gasteiger partial charge in [-0.15, -0.1) is 10.2 Å². The lowest BCUT2D eigenvalue weighted by Gasteiger charge is -2.08. The number of rotatable bonds is 1. The molecule has 3 aromatic rings. The van der Waals surface area contributed by atoms with E-state index in [-0.39, 0.29) is 16.5 Å². The lowest BCUT2D eigenvalue weighted by atomic mass is 10.2. The topological polar surface area (TPSA) is 43.1 Å². The van der Waals surface area contributed by atoms with Gasteiger partial charge in [-0.25, -0.2) is 0 Å². The Hall–Kier alpha value is -2.15. The molecule has 0 saturated carbocycles. The zero-order chi connectivity index (χ0) is 14.3. The molecule has 0 unspecified atom stereocenters. The van der Waals surface area contributed by atoms with Crippen molar-refractivity contribution in [3.05, 3.63) is 47.4 Å². The molecule has 0 saturated heterocycles. The van der Waals surface area contributed by atoms with Gasteiger partial charge in [0.05, 0.1) is 10.6 Å². The van der Waals surface area contributed by atoms with Crippen molar-refractivity contribution in [2.75, 3.05) is 0 Å². The zero-order valence-electron chi connectivity index (χ0n) is 9.76. The molecule has 0 aliphatic rings. The van der Waals surface area contributed by atoms with E-state index in [1.165, 1.54) is 16.8 Å². The van der Waals surface area contributed by atoms with Crippen molar-refractivity contribution in [2.45, 2.75) is 6.18 Å². The molecule has 0 fully saturated rings. The highest BCUT2D eigenvalue weighted by molar-refractivity contribution is 6.33. The Labute approximate surface area is 115 Å². The zero-order valence-corrected chi connectivity index (χ0v) is 10.5. The maximum Gasteiger partial charge on any atom is 0.417 e. The highest BCUT2D eigenvalue weighted by Crippen LogP contribution is 2.33. The van der Waals surface area contributed by atoms with Crippen LogP contribution in [0.3, 0.4) is 0 Å². The molecule has 102 valence electrons. The lowest BCUT2D eigenvalue weighted by Crippen LogP contribution is -2.07. The van der Waals surface area contributed by atoms with Crippen molar-refractivity contribution in [3.8, 4) is 11.4 Å². The molecule has 0 radical (unpaired) electrons. The molecule has 0 spiro atoms. The van der Waals surface area contributed by atoms with E-state index in [0.29, 0.717) is 5.56 Å². The average molecular weight is 299 g/mol. The van der Waals surface area contributed by atoms with Crippen LogP contribution in [0.15, 0.2) is 36.8 Å². The second-order valence-electron chi connectivity index (χ2n) is 4.03. The molecule has 0 N–H and O–H groups in total. The molecular weight excluding hydrogens is 293 g/mol. The SMILES string of the molecule is FC(F)(F)c1cc(Cl)c2nnc(-c3ccncc3)n2c1. The summed E-state index contributed by atoms with van der Waals surface area (Å²) >= 11 is 5.83. The highest BCUT2D eigenvalue weighted by Gasteiger charge is 2.32. The predicted octanol–water partition coefficient (Wildman–Crippen LogP) is 3.46. The molecule has 0 bridgehead atoms. The lowest BCUT2D eigenvalue weighted by molar-refractivity contribution is -0.137. The summed E-state index contributed by atoms with van der Waals surface area (Å²) in [5.74, 6) is 0.274. The van der Waals surface area contributed by atoms with Gasteiger partial charge in [0.25, 0.3) is 0 Å². The molecule has 0 aromatic carbocycles. The second kappa shape index (κ2) is 4.45. The van der Waals surface area contributed by atoms with Crippen LogP contribution >= 0.6 is 11.6 Å². The first-order valence-electron chi connectivity index (χ1n) is 5.48. The van der Waals surface area contributed by atoms with Crippen LogP contribution in [0.5, 0.6) is 0 Å². The highest BCUT2D eigenvalue weighted by atomic mass is 35.5. The van der Waals surface area contributed by atoms with Crippen LogP contribution in [0.25, 0.3) is 17.0 Å². The summed E-state index contributed by atoms with van der Waals surface area (Å²) in [6, 6.07) is 4.09. The van der Waals surface area contributed by atoms with E-state index in [2.05, 4.69) is 15.2 Å². The molecule has 3 rings (SSSR count). The molecule has 4 nitrogen and oxygen atoms in total. The Morgan fingerprint density at radius 1 is 1.10 bits per heavy atom. The first-order chi connectivity index (χ1) is 9.47. The minimum Gasteiger partial charge on any atom is -0.281 e. The first-order valence-corrected chi connectivity index (χ1v) is 5.86. The third kappa shape index (κ3) is 2.09. The van der Waals surface area contributed by atoms with Crippen LogP contribution in [-0.2, 0) is 6.18 Å². The normalized spacial score (nSPS) is 12.0. The van der Waals surface area contributed by atoms with Gasteiger partial charge in [-0.3, -0.25) is 9.38 Å². The second-order valence-corrected chi connectivity index (χ2v) is 4.43. The van der Waals surface area contributed by atoms with Gasteiger partial charge in [-0.1, -0.05) is 11.6 Å². The van der Waals surface area contributed by atoms with Crippen molar-refractivity contribution in [1.82, 2.24) is 19.6 Å². The summed E-state index contributed by atoms with van der Waals surface area (Å²) in [6.45, 7) is 0. The third-order valence-corrected chi connectivity index (χ3v) is 3.00. The largest absolute Gasteiger partial charge is 0.417 e. The molecule has 0 aliphatic heterocycles. The van der Waals surface area contributed by atoms with Gasteiger partial charge in [0.2, 0.25) is 0 Å². The molecule has 0 aliphatic carbocycles. The minimum absolute atomic E-state index is 0.104. The van der Waals surface area contributed by atoms with Gasteiger partial charge in [0.1, 0.15) is 0 Å². The summed E-state index contributed by atoms with van der Waals surface area (Å²) in [5.41, 5.74) is -0.0838. The smallest absolute Gasteiger partial charge is 0.281 e. The fraction of sp³-hybridized carbons (Fsp3) is 0.0833. The molecule has 3 heterocycles. The summed E-state index contributed by atoms with van der Waals surface area (Å²) in [7, 11) is 0. The third-order valence-electron chi connectivity index (χ3n) is 2.73. The Morgan fingerprint density at radius 2 is 1.80 bits per heavy atom. The number of hydrogen-bond donors (Lipinski definition) is 0. The number of fused-ring (bicyclic) bond motifs is 1. The van der Waals surface area contributed by atoms with E-state index >= 15 is 0 Å². The van der Waals surface area contributed by atoms with Crippen LogP contribution in [0.1, 0.15) is 5.56 Å². The van der Waals surface area contributed by atoms with Crippen molar-refractivity contribution in [2.24, 2.45) is 0 Å². The summed E-state index contributed by atoms with van der Waals surface area (Å²) in [6.07, 6.45) is -0.522. The van der Waals surface area contributed by atoms with E-state index in [1.807, 2.05) is 0 Å². The number of pyridine rings is 2. The van der Waals surface area contributed by atoms with Crippen LogP contribution in [-0.4, -0.2) is 19.6 Å². The minimum atomic E-state index is -4.49. The summed E-state index contributed by atoms with van der Waals surface area (Å²) in [5, 5.41) is 7.59. The van der Waals surface area contributed by atoms with E-state index in [1.54, 1.807) is 12.1 Å². The molecule has 0 atom stereocenters. The Kier molecular flexibility index (Phi) is 2.86. The molecule has 8 heteroatoms. The van der Waals surface area contributed by atoms with Crippen molar-refractivity contribution < 1.29 is 13.2 Å². The van der Waals surface area contributed by atoms with Gasteiger partial charge >= 0.3 is 6.18 Å². The number of halogens is 4. The van der Waals surface area contributed by atoms with Gasteiger partial charge in [-0.05, 0) is 18.2 Å². The summed E-state index contributed by atoms with van der Waals surface area (Å²) < 4.78 is 39.7. The monoisotopic (exact) mass is 298 g/mol. The maximum atomic E-state index is 12.8. The van der Waals surface area contributed by atoms with E-state index in [4.69, 9.17) is 11.6 Å². The Bertz CT molecular complexity index is 767. The van der Waals surface area contributed by atoms with Gasteiger partial charge in [0.15, 0.2) is 11.5 Å². The number of nitrogens with zero attached hydrogens (tertiary/aromatic N) is 4. The summed E-state index contributed by atoms with van der Waals surface area (Å²) in [4.78, 5) is 3.85. The van der Waals surface area contributed by atoms with Gasteiger partial charge in [0, 0.05) is 24.2 Å². The maximum absolute atomic E-state index is 12.8. The van der Waals surface area contributed by atoms with Crippen molar-refractivity contribution in [1.29, 1.82) is 0 Å². The average Bonchev–Trinajstić information content (AvgIpc) is 2.83. The molecule has 3 aromatic heterocycles. The number of aromatic nitrogens is 4. The number of alkyl halides is 3. The van der Waals surface area contributed by atoms with Gasteiger partial charge < -0.3 is 0 Å². The van der Waals surface area contributed by atoms with E-state index in [9.17, 15) is 13.2 Å². The first kappa shape index (κ1) is 12.9. The molecular formula is C12H6ClF3N4. The standard InChI is InChI=1S/C12H6ClF3N4/c13-9-5-8(12(14,15)16)6-20-10(18-19-11(9)20)7-1-3-17-4-2-7/h1-6H. The van der Waals surface area contributed by atoms with Crippen LogP contribution in [0.4, 0.5) is 13.2 Å². The Balaban J connectivity index is 2.28. The van der Waals surface area contributed by atoms with E-state index < -0.39 is 11.7 Å². The van der Waals surface area contributed by atoms with Crippen LogP contribution in [0.2, 0.25) is 5.02 Å². The number of hydrogen-bond acceptors (Lipinski definition) is 3. The Morgan fingerprint density at radius 3 is 2.45 bits per heavy atom. The predicted molar refractivity (Wildman–Crippen MR) is 66.2 cm³/mol. The fourth-order valence-corrected chi connectivity index (χ4v) is 2.05. The van der Waals surface area contributed by atoms with Gasteiger partial charge in [-0.2, -0.15) is 13.2 Å². The molecule has 0 amide bonds. The van der Waals surface area contributed by atoms with Crippen LogP contribution in [0, 0.1) is 0 Å².